The van der Waals surface area contributed by atoms with Crippen LogP contribution >= 0.6 is 11.3 Å². The molecule has 7 heteroatoms. The van der Waals surface area contributed by atoms with Gasteiger partial charge < -0.3 is 19.0 Å². The van der Waals surface area contributed by atoms with E-state index in [4.69, 9.17) is 9.15 Å². The summed E-state index contributed by atoms with van der Waals surface area (Å²) in [6, 6.07) is 13.7. The Bertz CT molecular complexity index is 1060. The summed E-state index contributed by atoms with van der Waals surface area (Å²) in [6.07, 6.45) is 2.96. The van der Waals surface area contributed by atoms with Crippen molar-refractivity contribution >= 4 is 23.2 Å². The van der Waals surface area contributed by atoms with Crippen molar-refractivity contribution in [3.63, 3.8) is 0 Å². The van der Waals surface area contributed by atoms with Crippen LogP contribution in [0.15, 0.2) is 58.5 Å². The second kappa shape index (κ2) is 10.8. The van der Waals surface area contributed by atoms with Crippen LogP contribution in [-0.4, -0.2) is 54.5 Å². The standard InChI is InChI=1S/C26H30N2O4S/c1-3-31-15-5-13-27(26(30)22-6-4-16-32-22)18-24(29)28-14-11-23-21(12-17-33-23)25(28)20-9-7-19(2)8-10-20/h4,6-10,12,16-17,25H,3,5,11,13-15,18H2,1-2H3. The number of nitrogens with zero attached hydrogens (tertiary/aromatic N) is 2. The number of aryl methyl sites for hydroxylation is 1. The maximum atomic E-state index is 13.6. The fraction of sp³-hybridized carbons (Fsp3) is 0.385. The van der Waals surface area contributed by atoms with Crippen LogP contribution in [-0.2, 0) is 16.0 Å². The molecule has 0 fully saturated rings. The zero-order valence-corrected chi connectivity index (χ0v) is 20.0. The van der Waals surface area contributed by atoms with Gasteiger partial charge in [0, 0.05) is 31.2 Å². The second-order valence-electron chi connectivity index (χ2n) is 8.20. The first-order valence-corrected chi connectivity index (χ1v) is 12.3. The highest BCUT2D eigenvalue weighted by atomic mass is 32.1. The maximum absolute atomic E-state index is 13.6. The Morgan fingerprint density at radius 1 is 1.21 bits per heavy atom. The Morgan fingerprint density at radius 2 is 2.03 bits per heavy atom. The molecule has 0 saturated heterocycles. The first-order chi connectivity index (χ1) is 16.1. The predicted octanol–water partition coefficient (Wildman–Crippen LogP) is 4.69. The fourth-order valence-electron chi connectivity index (χ4n) is 4.26. The third-order valence-corrected chi connectivity index (χ3v) is 6.94. The average Bonchev–Trinajstić information content (AvgIpc) is 3.53. The normalized spacial score (nSPS) is 15.3. The molecule has 0 aliphatic carbocycles. The van der Waals surface area contributed by atoms with Gasteiger partial charge in [-0.15, -0.1) is 11.3 Å². The molecule has 4 rings (SSSR count). The van der Waals surface area contributed by atoms with Crippen molar-refractivity contribution in [1.82, 2.24) is 9.80 Å². The van der Waals surface area contributed by atoms with Crippen molar-refractivity contribution in [3.05, 3.63) is 81.4 Å². The molecule has 2 amide bonds. The first-order valence-electron chi connectivity index (χ1n) is 11.4. The molecule has 0 spiro atoms. The smallest absolute Gasteiger partial charge is 0.290 e. The van der Waals surface area contributed by atoms with Gasteiger partial charge in [-0.1, -0.05) is 29.8 Å². The van der Waals surface area contributed by atoms with Crippen LogP contribution in [0.4, 0.5) is 0 Å². The summed E-state index contributed by atoms with van der Waals surface area (Å²) in [5.74, 6) is -0.0910. The van der Waals surface area contributed by atoms with Crippen molar-refractivity contribution < 1.29 is 18.7 Å². The van der Waals surface area contributed by atoms with Crippen LogP contribution in [0.2, 0.25) is 0 Å². The summed E-state index contributed by atoms with van der Waals surface area (Å²) in [4.78, 5) is 31.5. The molecular weight excluding hydrogens is 436 g/mol. The minimum atomic E-state index is -0.273. The third-order valence-electron chi connectivity index (χ3n) is 5.95. The Hall–Kier alpha value is -2.90. The maximum Gasteiger partial charge on any atom is 0.290 e. The number of fused-ring (bicyclic) bond motifs is 1. The van der Waals surface area contributed by atoms with Gasteiger partial charge in [0.1, 0.15) is 6.54 Å². The number of rotatable bonds is 9. The molecule has 2 aromatic heterocycles. The predicted molar refractivity (Wildman–Crippen MR) is 128 cm³/mol. The highest BCUT2D eigenvalue weighted by Crippen LogP contribution is 2.38. The van der Waals surface area contributed by atoms with E-state index in [2.05, 4.69) is 42.6 Å². The number of thiophene rings is 1. The van der Waals surface area contributed by atoms with Gasteiger partial charge in [0.05, 0.1) is 12.3 Å². The van der Waals surface area contributed by atoms with Crippen LogP contribution in [0.1, 0.15) is 51.5 Å². The summed E-state index contributed by atoms with van der Waals surface area (Å²) in [7, 11) is 0. The van der Waals surface area contributed by atoms with Crippen molar-refractivity contribution in [1.29, 1.82) is 0 Å². The molecule has 0 N–H and O–H groups in total. The van der Waals surface area contributed by atoms with Crippen molar-refractivity contribution in [2.24, 2.45) is 0 Å². The number of carbonyl (C=O) groups is 2. The molecule has 1 aliphatic rings. The zero-order chi connectivity index (χ0) is 23.2. The Kier molecular flexibility index (Phi) is 7.62. The number of furan rings is 1. The van der Waals surface area contributed by atoms with E-state index in [0.717, 1.165) is 12.0 Å². The van der Waals surface area contributed by atoms with Crippen LogP contribution in [0.5, 0.6) is 0 Å². The molecule has 1 aliphatic heterocycles. The topological polar surface area (TPSA) is 63.0 Å². The monoisotopic (exact) mass is 466 g/mol. The Balaban J connectivity index is 1.56. The van der Waals surface area contributed by atoms with E-state index in [1.165, 1.54) is 22.3 Å². The van der Waals surface area contributed by atoms with E-state index in [1.54, 1.807) is 28.4 Å². The van der Waals surface area contributed by atoms with Gasteiger partial charge in [0.2, 0.25) is 5.91 Å². The van der Waals surface area contributed by atoms with Crippen molar-refractivity contribution in [3.8, 4) is 0 Å². The minimum Gasteiger partial charge on any atom is -0.459 e. The summed E-state index contributed by atoms with van der Waals surface area (Å²) in [5, 5.41) is 2.10. The van der Waals surface area contributed by atoms with E-state index in [0.29, 0.717) is 32.7 Å². The van der Waals surface area contributed by atoms with Gasteiger partial charge in [0.25, 0.3) is 5.91 Å². The van der Waals surface area contributed by atoms with Gasteiger partial charge in [-0.2, -0.15) is 0 Å². The molecule has 0 bridgehead atoms. The number of hydrogen-bond acceptors (Lipinski definition) is 5. The quantitative estimate of drug-likeness (QED) is 0.429. The van der Waals surface area contributed by atoms with Crippen LogP contribution in [0, 0.1) is 6.92 Å². The molecule has 1 unspecified atom stereocenters. The first kappa shape index (κ1) is 23.3. The highest BCUT2D eigenvalue weighted by molar-refractivity contribution is 7.10. The van der Waals surface area contributed by atoms with Gasteiger partial charge >= 0.3 is 0 Å². The lowest BCUT2D eigenvalue weighted by Gasteiger charge is -2.37. The Morgan fingerprint density at radius 3 is 2.76 bits per heavy atom. The summed E-state index contributed by atoms with van der Waals surface area (Å²) in [6.45, 7) is 6.23. The second-order valence-corrected chi connectivity index (χ2v) is 9.20. The average molecular weight is 467 g/mol. The molecule has 1 aromatic carbocycles. The van der Waals surface area contributed by atoms with E-state index >= 15 is 0 Å². The van der Waals surface area contributed by atoms with Crippen LogP contribution in [0.25, 0.3) is 0 Å². The molecule has 0 radical (unpaired) electrons. The Labute approximate surface area is 198 Å². The largest absolute Gasteiger partial charge is 0.459 e. The lowest BCUT2D eigenvalue weighted by atomic mass is 9.92. The van der Waals surface area contributed by atoms with Crippen LogP contribution in [0.3, 0.4) is 0 Å². The minimum absolute atomic E-state index is 0.00743. The van der Waals surface area contributed by atoms with E-state index < -0.39 is 0 Å². The number of hydrogen-bond donors (Lipinski definition) is 0. The fourth-order valence-corrected chi connectivity index (χ4v) is 5.16. The highest BCUT2D eigenvalue weighted by Gasteiger charge is 2.34. The molecule has 0 saturated carbocycles. The number of ether oxygens (including phenoxy) is 1. The van der Waals surface area contributed by atoms with E-state index in [9.17, 15) is 9.59 Å². The molecule has 33 heavy (non-hydrogen) atoms. The van der Waals surface area contributed by atoms with Crippen LogP contribution < -0.4 is 0 Å². The molecule has 6 nitrogen and oxygen atoms in total. The lowest BCUT2D eigenvalue weighted by molar-refractivity contribution is -0.134. The number of amides is 2. The van der Waals surface area contributed by atoms with E-state index in [1.807, 2.05) is 11.8 Å². The van der Waals surface area contributed by atoms with E-state index in [-0.39, 0.29) is 30.2 Å². The lowest BCUT2D eigenvalue weighted by Crippen LogP contribution is -2.47. The number of carbonyl (C=O) groups excluding carboxylic acids is 2. The van der Waals surface area contributed by atoms with Gasteiger partial charge in [-0.3, -0.25) is 9.59 Å². The summed E-state index contributed by atoms with van der Waals surface area (Å²) >= 11 is 1.74. The zero-order valence-electron chi connectivity index (χ0n) is 19.2. The SMILES string of the molecule is CCOCCCN(CC(=O)N1CCc2sccc2C1c1ccc(C)cc1)C(=O)c1ccco1. The molecule has 3 heterocycles. The van der Waals surface area contributed by atoms with Crippen molar-refractivity contribution in [2.45, 2.75) is 32.7 Å². The number of benzene rings is 1. The van der Waals surface area contributed by atoms with Crippen molar-refractivity contribution in [2.75, 3.05) is 32.8 Å². The molecule has 3 aromatic rings. The summed E-state index contributed by atoms with van der Waals surface area (Å²) < 4.78 is 10.8. The third kappa shape index (κ3) is 5.37. The summed E-state index contributed by atoms with van der Waals surface area (Å²) in [5.41, 5.74) is 3.46. The molecule has 1 atom stereocenters. The van der Waals surface area contributed by atoms with Gasteiger partial charge in [-0.25, -0.2) is 0 Å². The van der Waals surface area contributed by atoms with Gasteiger partial charge in [0.15, 0.2) is 5.76 Å². The molecule has 174 valence electrons. The van der Waals surface area contributed by atoms with Gasteiger partial charge in [-0.05, 0) is 61.4 Å². The molecular formula is C26H30N2O4S.